The summed E-state index contributed by atoms with van der Waals surface area (Å²) in [5.41, 5.74) is 0.928. The number of amides is 1. The number of benzene rings is 2. The van der Waals surface area contributed by atoms with Gasteiger partial charge in [0.25, 0.3) is 0 Å². The van der Waals surface area contributed by atoms with Crippen LogP contribution in [0, 0.1) is 0 Å². The van der Waals surface area contributed by atoms with Crippen molar-refractivity contribution in [3.05, 3.63) is 60.2 Å². The molecule has 2 aliphatic rings. The topological polar surface area (TPSA) is 65.6 Å². The van der Waals surface area contributed by atoms with E-state index in [2.05, 4.69) is 33.0 Å². The lowest BCUT2D eigenvalue weighted by atomic mass is 9.79. The zero-order chi connectivity index (χ0) is 27.0. The molecule has 2 fully saturated rings. The van der Waals surface area contributed by atoms with Gasteiger partial charge in [-0.25, -0.2) is 0 Å². The molecule has 1 saturated heterocycles. The Balaban J connectivity index is 1.41. The molecule has 4 rings (SSSR count). The van der Waals surface area contributed by atoms with Gasteiger partial charge in [0.15, 0.2) is 0 Å². The summed E-state index contributed by atoms with van der Waals surface area (Å²) in [6.07, 6.45) is -0.768. The van der Waals surface area contributed by atoms with E-state index in [1.807, 2.05) is 19.1 Å². The lowest BCUT2D eigenvalue weighted by Crippen LogP contribution is -2.62. The zero-order valence-corrected chi connectivity index (χ0v) is 22.0. The number of carbonyl (C=O) groups is 1. The van der Waals surface area contributed by atoms with Crippen LogP contribution in [-0.4, -0.2) is 56.5 Å². The van der Waals surface area contributed by atoms with Crippen molar-refractivity contribution in [1.82, 2.24) is 10.6 Å². The quantitative estimate of drug-likeness (QED) is 0.381. The highest BCUT2D eigenvalue weighted by Crippen LogP contribution is 2.38. The van der Waals surface area contributed by atoms with Crippen LogP contribution in [0.5, 0.6) is 0 Å². The van der Waals surface area contributed by atoms with Gasteiger partial charge in [0.05, 0.1) is 18.8 Å². The van der Waals surface area contributed by atoms with Crippen molar-refractivity contribution in [3.63, 3.8) is 0 Å². The van der Waals surface area contributed by atoms with Gasteiger partial charge in [-0.1, -0.05) is 56.5 Å². The Morgan fingerprint density at radius 2 is 1.66 bits per heavy atom. The second-order valence-electron chi connectivity index (χ2n) is 10.3. The van der Waals surface area contributed by atoms with E-state index in [4.69, 9.17) is 4.74 Å². The monoisotopic (exact) mass is 532 g/mol. The highest BCUT2D eigenvalue weighted by Gasteiger charge is 2.49. The number of halogens is 3. The van der Waals surface area contributed by atoms with E-state index in [9.17, 15) is 18.0 Å². The van der Waals surface area contributed by atoms with Gasteiger partial charge in [-0.3, -0.25) is 10.1 Å². The van der Waals surface area contributed by atoms with E-state index in [0.29, 0.717) is 38.6 Å². The number of alkyl halides is 3. The summed E-state index contributed by atoms with van der Waals surface area (Å²) >= 11 is 0. The fraction of sp³-hybridized carbons (Fsp3) is 0.552. The Morgan fingerprint density at radius 3 is 2.26 bits per heavy atom. The Labute approximate surface area is 223 Å². The number of hydrogen-bond donors (Lipinski definition) is 3. The molecule has 208 valence electrons. The lowest BCUT2D eigenvalue weighted by molar-refractivity contribution is -0.166. The third-order valence-electron chi connectivity index (χ3n) is 7.65. The average Bonchev–Trinajstić information content (AvgIpc) is 2.95. The highest BCUT2D eigenvalue weighted by molar-refractivity contribution is 5.87. The minimum Gasteiger partial charge on any atom is -0.383 e. The van der Waals surface area contributed by atoms with Crippen molar-refractivity contribution in [2.75, 3.05) is 43.1 Å². The van der Waals surface area contributed by atoms with Crippen molar-refractivity contribution in [2.45, 2.75) is 69.2 Å². The molecule has 2 aromatic rings. The SMILES string of the molecule is CC[C@@H](CNc1ccc(N2CCOCC2)cc1)NC(=O)C1(NC(c2ccccc2)C(F)(F)F)CCCCC1. The van der Waals surface area contributed by atoms with Crippen molar-refractivity contribution in [2.24, 2.45) is 0 Å². The maximum Gasteiger partial charge on any atom is 0.407 e. The molecule has 3 N–H and O–H groups in total. The number of ether oxygens (including phenoxy) is 1. The lowest BCUT2D eigenvalue weighted by Gasteiger charge is -2.41. The second kappa shape index (κ2) is 12.8. The molecule has 1 saturated carbocycles. The third-order valence-corrected chi connectivity index (χ3v) is 7.65. The van der Waals surface area contributed by atoms with Gasteiger partial charge < -0.3 is 20.3 Å². The van der Waals surface area contributed by atoms with Crippen LogP contribution in [0.2, 0.25) is 0 Å². The maximum atomic E-state index is 14.2. The molecule has 0 radical (unpaired) electrons. The van der Waals surface area contributed by atoms with Crippen molar-refractivity contribution < 1.29 is 22.7 Å². The smallest absolute Gasteiger partial charge is 0.383 e. The minimum absolute atomic E-state index is 0.118. The van der Waals surface area contributed by atoms with Crippen LogP contribution in [0.3, 0.4) is 0 Å². The summed E-state index contributed by atoms with van der Waals surface area (Å²) in [6.45, 7) is 5.64. The number of nitrogens with one attached hydrogen (secondary N) is 3. The van der Waals surface area contributed by atoms with Crippen LogP contribution in [0.25, 0.3) is 0 Å². The van der Waals surface area contributed by atoms with Crippen LogP contribution < -0.4 is 20.9 Å². The second-order valence-corrected chi connectivity index (χ2v) is 10.3. The van der Waals surface area contributed by atoms with Gasteiger partial charge in [-0.05, 0) is 49.1 Å². The van der Waals surface area contributed by atoms with E-state index < -0.39 is 17.8 Å². The molecule has 2 aromatic carbocycles. The highest BCUT2D eigenvalue weighted by atomic mass is 19.4. The van der Waals surface area contributed by atoms with Gasteiger partial charge in [0.1, 0.15) is 6.04 Å². The van der Waals surface area contributed by atoms with Gasteiger partial charge in [-0.2, -0.15) is 13.2 Å². The summed E-state index contributed by atoms with van der Waals surface area (Å²) in [7, 11) is 0. The number of anilines is 2. The number of hydrogen-bond acceptors (Lipinski definition) is 5. The molecule has 38 heavy (non-hydrogen) atoms. The van der Waals surface area contributed by atoms with E-state index in [1.165, 1.54) is 12.1 Å². The molecular formula is C29H39F3N4O2. The molecule has 2 atom stereocenters. The van der Waals surface area contributed by atoms with Crippen molar-refractivity contribution >= 4 is 17.3 Å². The van der Waals surface area contributed by atoms with Crippen molar-refractivity contribution in [3.8, 4) is 0 Å². The van der Waals surface area contributed by atoms with E-state index >= 15 is 0 Å². The fourth-order valence-corrected chi connectivity index (χ4v) is 5.34. The zero-order valence-electron chi connectivity index (χ0n) is 22.0. The van der Waals surface area contributed by atoms with Gasteiger partial charge >= 0.3 is 6.18 Å². The Hall–Kier alpha value is -2.78. The molecule has 0 bridgehead atoms. The van der Waals surface area contributed by atoms with E-state index in [-0.39, 0.29) is 17.5 Å². The van der Waals surface area contributed by atoms with Crippen molar-refractivity contribution in [1.29, 1.82) is 0 Å². The molecule has 1 amide bonds. The first-order valence-electron chi connectivity index (χ1n) is 13.7. The molecule has 1 aliphatic carbocycles. The first-order chi connectivity index (χ1) is 18.3. The van der Waals surface area contributed by atoms with Gasteiger partial charge in [0.2, 0.25) is 5.91 Å². The Bertz CT molecular complexity index is 1000. The number of rotatable bonds is 10. The fourth-order valence-electron chi connectivity index (χ4n) is 5.34. The normalized spacial score (nSPS) is 19.4. The summed E-state index contributed by atoms with van der Waals surface area (Å²) in [6, 6.07) is 13.8. The molecule has 1 aliphatic heterocycles. The van der Waals surface area contributed by atoms with E-state index in [0.717, 1.165) is 44.1 Å². The van der Waals surface area contributed by atoms with Crippen LogP contribution in [0.15, 0.2) is 54.6 Å². The molecule has 0 aromatic heterocycles. The first kappa shape index (κ1) is 28.2. The van der Waals surface area contributed by atoms with Crippen LogP contribution >= 0.6 is 0 Å². The first-order valence-corrected chi connectivity index (χ1v) is 13.7. The van der Waals surface area contributed by atoms with Crippen LogP contribution in [0.4, 0.5) is 24.5 Å². The predicted molar refractivity (Wildman–Crippen MR) is 144 cm³/mol. The van der Waals surface area contributed by atoms with Gasteiger partial charge in [0, 0.05) is 37.1 Å². The summed E-state index contributed by atoms with van der Waals surface area (Å²) < 4.78 is 47.9. The Kier molecular flexibility index (Phi) is 9.54. The Morgan fingerprint density at radius 1 is 1.00 bits per heavy atom. The molecule has 0 spiro atoms. The predicted octanol–water partition coefficient (Wildman–Crippen LogP) is 5.43. The van der Waals surface area contributed by atoms with Crippen LogP contribution in [-0.2, 0) is 9.53 Å². The molecule has 1 unspecified atom stereocenters. The number of nitrogens with zero attached hydrogens (tertiary/aromatic N) is 1. The maximum absolute atomic E-state index is 14.2. The molecular weight excluding hydrogens is 493 g/mol. The minimum atomic E-state index is -4.52. The number of morpholine rings is 1. The number of carbonyl (C=O) groups excluding carboxylic acids is 1. The summed E-state index contributed by atoms with van der Waals surface area (Å²) in [5, 5.41) is 9.24. The van der Waals surface area contributed by atoms with E-state index in [1.54, 1.807) is 18.2 Å². The summed E-state index contributed by atoms with van der Waals surface area (Å²) in [5.74, 6) is -0.348. The van der Waals surface area contributed by atoms with Crippen LogP contribution in [0.1, 0.15) is 57.1 Å². The molecule has 1 heterocycles. The largest absolute Gasteiger partial charge is 0.407 e. The summed E-state index contributed by atoms with van der Waals surface area (Å²) in [4.78, 5) is 15.9. The standard InChI is InChI=1S/C29H39F3N4O2/c1-2-23(21-33-24-11-13-25(14-12-24)36-17-19-38-20-18-36)34-27(37)28(15-7-4-8-16-28)35-26(29(30,31)32)22-9-5-3-6-10-22/h3,5-6,9-14,23,26,33,35H,2,4,7-8,15-21H2,1H3,(H,34,37)/t23-,26?/m0/s1. The third kappa shape index (κ3) is 7.20. The molecule has 9 heteroatoms. The molecule has 6 nitrogen and oxygen atoms in total. The van der Waals surface area contributed by atoms with Gasteiger partial charge in [-0.15, -0.1) is 0 Å². The average molecular weight is 533 g/mol.